The number of nitrogens with one attached hydrogen (secondary N) is 4. The minimum absolute atomic E-state index is 0.124. The van der Waals surface area contributed by atoms with E-state index in [1.807, 2.05) is 0 Å². The van der Waals surface area contributed by atoms with Gasteiger partial charge in [0.25, 0.3) is 0 Å². The first-order chi connectivity index (χ1) is 16.5. The Bertz CT molecular complexity index is 1280. The molecule has 188 valence electrons. The van der Waals surface area contributed by atoms with Crippen LogP contribution in [0.25, 0.3) is 0 Å². The van der Waals surface area contributed by atoms with Gasteiger partial charge in [0.15, 0.2) is 17.2 Å². The second kappa shape index (κ2) is 8.66. The van der Waals surface area contributed by atoms with Crippen molar-refractivity contribution >= 4 is 39.0 Å². The Hall–Kier alpha value is -2.87. The molecule has 0 unspecified atom stereocenters. The molecule has 0 aliphatic carbocycles. The number of sulfonamides is 1. The molecule has 0 radical (unpaired) electrons. The Morgan fingerprint density at radius 3 is 2.49 bits per heavy atom. The number of phenols is 1. The average molecular weight is 531 g/mol. The molecule has 2 amide bonds. The van der Waals surface area contributed by atoms with Crippen LogP contribution in [0.3, 0.4) is 0 Å². The highest BCUT2D eigenvalue weighted by Gasteiger charge is 2.44. The average Bonchev–Trinajstić information content (AvgIpc) is 3.27. The van der Waals surface area contributed by atoms with E-state index in [0.29, 0.717) is 12.8 Å². The summed E-state index contributed by atoms with van der Waals surface area (Å²) in [4.78, 5) is 11.9. The molecule has 2 saturated heterocycles. The number of piperidine rings is 1. The number of hydrogen-bond donors (Lipinski definition) is 5. The number of hydrogen-bond acceptors (Lipinski definition) is 7. The number of benzene rings is 2. The van der Waals surface area contributed by atoms with Gasteiger partial charge in [-0.05, 0) is 49.9 Å². The zero-order valence-corrected chi connectivity index (χ0v) is 19.6. The van der Waals surface area contributed by atoms with Crippen LogP contribution < -0.4 is 30.1 Å². The summed E-state index contributed by atoms with van der Waals surface area (Å²) in [7, 11) is -4.23. The topological polar surface area (TPSA) is 138 Å². The number of ether oxygens (including phenoxy) is 2. The van der Waals surface area contributed by atoms with Gasteiger partial charge in [-0.2, -0.15) is 0 Å². The molecule has 5 N–H and O–H groups in total. The first kappa shape index (κ1) is 23.9. The Labute approximate surface area is 204 Å². The fraction of sp³-hybridized carbons (Fsp3) is 0.381. The zero-order valence-electron chi connectivity index (χ0n) is 18.0. The Morgan fingerprint density at radius 2 is 1.77 bits per heavy atom. The largest absolute Gasteiger partial charge is 0.586 e. The van der Waals surface area contributed by atoms with Gasteiger partial charge < -0.3 is 30.5 Å². The van der Waals surface area contributed by atoms with Gasteiger partial charge >= 0.3 is 12.3 Å². The van der Waals surface area contributed by atoms with Crippen LogP contribution in [0.2, 0.25) is 5.02 Å². The van der Waals surface area contributed by atoms with E-state index >= 15 is 0 Å². The summed E-state index contributed by atoms with van der Waals surface area (Å²) in [5.41, 5.74) is -0.381. The van der Waals surface area contributed by atoms with Crippen molar-refractivity contribution in [3.05, 3.63) is 35.4 Å². The van der Waals surface area contributed by atoms with E-state index in [9.17, 15) is 27.1 Å². The second-order valence-corrected chi connectivity index (χ2v) is 10.6. The number of alkyl halides is 2. The normalized spacial score (nSPS) is 24.3. The van der Waals surface area contributed by atoms with Gasteiger partial charge in [0.1, 0.15) is 4.90 Å². The van der Waals surface area contributed by atoms with Crippen molar-refractivity contribution in [3.8, 4) is 17.2 Å². The van der Waals surface area contributed by atoms with Gasteiger partial charge in [-0.1, -0.05) is 17.7 Å². The van der Waals surface area contributed by atoms with E-state index in [4.69, 9.17) is 11.6 Å². The molecule has 2 bridgehead atoms. The lowest BCUT2D eigenvalue weighted by Gasteiger charge is -2.29. The summed E-state index contributed by atoms with van der Waals surface area (Å²) < 4.78 is 64.3. The van der Waals surface area contributed by atoms with Gasteiger partial charge in [0.05, 0.1) is 16.4 Å². The monoisotopic (exact) mass is 530 g/mol. The van der Waals surface area contributed by atoms with E-state index in [2.05, 4.69) is 30.1 Å². The predicted octanol–water partition coefficient (Wildman–Crippen LogP) is 3.57. The molecule has 35 heavy (non-hydrogen) atoms. The van der Waals surface area contributed by atoms with Crippen molar-refractivity contribution < 1.29 is 36.6 Å². The summed E-state index contributed by atoms with van der Waals surface area (Å²) in [5, 5.41) is 18.5. The summed E-state index contributed by atoms with van der Waals surface area (Å²) in [6.45, 7) is 0. The van der Waals surface area contributed by atoms with Crippen LogP contribution in [0.4, 0.5) is 25.0 Å². The minimum atomic E-state index is -4.23. The van der Waals surface area contributed by atoms with Crippen molar-refractivity contribution in [2.24, 2.45) is 0 Å². The predicted molar refractivity (Wildman–Crippen MR) is 122 cm³/mol. The van der Waals surface area contributed by atoms with Crippen LogP contribution in [0.1, 0.15) is 25.7 Å². The number of amides is 2. The molecular weight excluding hydrogens is 510 g/mol. The molecule has 0 spiro atoms. The third kappa shape index (κ3) is 4.81. The van der Waals surface area contributed by atoms with Crippen molar-refractivity contribution in [3.63, 3.8) is 0 Å². The molecule has 2 fully saturated rings. The van der Waals surface area contributed by atoms with E-state index in [0.717, 1.165) is 12.8 Å². The fourth-order valence-corrected chi connectivity index (χ4v) is 6.57. The fourth-order valence-electron chi connectivity index (χ4n) is 4.68. The van der Waals surface area contributed by atoms with Crippen LogP contribution in [-0.4, -0.2) is 44.0 Å². The molecule has 14 heteroatoms. The standard InChI is InChI=1S/C21H21ClF2N4O6S/c22-13-6-7-14(26-20(30)27-15-2-1-3-16-18(15)34-21(23,24)33-16)17(29)19(13)35(31,32)28-12-8-10-4-5-11(9-12)25-10/h1-3,6-7,10-12,25,28-29H,4-5,8-9H2,(H2,26,27,30)/t10-,11+,12-. The number of fused-ring (bicyclic) bond motifs is 3. The highest BCUT2D eigenvalue weighted by atomic mass is 35.5. The number of aromatic hydroxyl groups is 1. The molecular formula is C21H21ClF2N4O6S. The third-order valence-corrected chi connectivity index (χ3v) is 8.09. The Balaban J connectivity index is 1.33. The highest BCUT2D eigenvalue weighted by Crippen LogP contribution is 2.46. The van der Waals surface area contributed by atoms with E-state index in [1.54, 1.807) is 0 Å². The van der Waals surface area contributed by atoms with Gasteiger partial charge in [0.2, 0.25) is 10.0 Å². The highest BCUT2D eigenvalue weighted by molar-refractivity contribution is 7.89. The molecule has 3 heterocycles. The lowest BCUT2D eigenvalue weighted by atomic mass is 10.0. The van der Waals surface area contributed by atoms with Crippen LogP contribution in [-0.2, 0) is 10.0 Å². The van der Waals surface area contributed by atoms with Crippen LogP contribution in [0.15, 0.2) is 35.2 Å². The minimum Gasteiger partial charge on any atom is -0.504 e. The van der Waals surface area contributed by atoms with E-state index in [-0.39, 0.29) is 46.0 Å². The first-order valence-corrected chi connectivity index (χ1v) is 12.6. The number of para-hydroxylation sites is 1. The maximum absolute atomic E-state index is 13.4. The number of urea groups is 1. The molecule has 3 aliphatic rings. The van der Waals surface area contributed by atoms with Crippen molar-refractivity contribution in [2.75, 3.05) is 10.6 Å². The van der Waals surface area contributed by atoms with Crippen LogP contribution in [0, 0.1) is 0 Å². The number of rotatable bonds is 5. The number of carbonyl (C=O) groups excluding carboxylic acids is 1. The van der Waals surface area contributed by atoms with Crippen molar-refractivity contribution in [1.29, 1.82) is 0 Å². The number of carbonyl (C=O) groups is 1. The van der Waals surface area contributed by atoms with Crippen LogP contribution >= 0.6 is 11.6 Å². The van der Waals surface area contributed by atoms with Gasteiger partial charge in [-0.3, -0.25) is 0 Å². The van der Waals surface area contributed by atoms with Crippen LogP contribution in [0.5, 0.6) is 17.2 Å². The quantitative estimate of drug-likeness (QED) is 0.372. The molecule has 2 aromatic rings. The summed E-state index contributed by atoms with van der Waals surface area (Å²) in [6, 6.07) is 5.52. The molecule has 0 saturated carbocycles. The van der Waals surface area contributed by atoms with Gasteiger partial charge in [-0.25, -0.2) is 17.9 Å². The zero-order chi connectivity index (χ0) is 25.0. The van der Waals surface area contributed by atoms with Crippen molar-refractivity contribution in [1.82, 2.24) is 10.0 Å². The molecule has 3 atom stereocenters. The summed E-state index contributed by atoms with van der Waals surface area (Å²) in [5.74, 6) is -1.41. The molecule has 3 aliphatic heterocycles. The molecule has 2 aromatic carbocycles. The number of halogens is 3. The van der Waals surface area contributed by atoms with E-state index < -0.39 is 33.0 Å². The molecule has 10 nitrogen and oxygen atoms in total. The lowest BCUT2D eigenvalue weighted by Crippen LogP contribution is -2.47. The van der Waals surface area contributed by atoms with Crippen molar-refractivity contribution in [2.45, 2.75) is 55.0 Å². The van der Waals surface area contributed by atoms with Gasteiger partial charge in [0, 0.05) is 18.1 Å². The second-order valence-electron chi connectivity index (χ2n) is 8.58. The summed E-state index contributed by atoms with van der Waals surface area (Å²) >= 11 is 6.11. The third-order valence-electron chi connectivity index (χ3n) is 6.07. The lowest BCUT2D eigenvalue weighted by molar-refractivity contribution is -0.286. The smallest absolute Gasteiger partial charge is 0.504 e. The van der Waals surface area contributed by atoms with E-state index in [1.165, 1.54) is 30.3 Å². The number of phenolic OH excluding ortho intramolecular Hbond substituents is 1. The molecule has 5 rings (SSSR count). The number of anilines is 2. The Kier molecular flexibility index (Phi) is 5.90. The van der Waals surface area contributed by atoms with Gasteiger partial charge in [-0.15, -0.1) is 8.78 Å². The SMILES string of the molecule is O=C(Nc1ccc(Cl)c(S(=O)(=O)N[C@@H]2C[C@H]3CC[C@@H](C2)N3)c1O)Nc1cccc2c1OC(F)(F)O2. The Morgan fingerprint density at radius 1 is 1.09 bits per heavy atom. The summed E-state index contributed by atoms with van der Waals surface area (Å²) in [6.07, 6.45) is -0.706. The first-order valence-electron chi connectivity index (χ1n) is 10.8. The maximum Gasteiger partial charge on any atom is 0.586 e. The maximum atomic E-state index is 13.4. The molecule has 0 aromatic heterocycles.